The Morgan fingerprint density at radius 1 is 1.17 bits per heavy atom. The molecule has 0 radical (unpaired) electrons. The molecule has 0 saturated heterocycles. The second-order valence-corrected chi connectivity index (χ2v) is 4.91. The van der Waals surface area contributed by atoms with Gasteiger partial charge >= 0.3 is 0 Å². The third kappa shape index (κ3) is 2.00. The summed E-state index contributed by atoms with van der Waals surface area (Å²) in [5, 5.41) is 0. The number of benzene rings is 2. The average molecular weight is 239 g/mol. The molecule has 92 valence electrons. The van der Waals surface area contributed by atoms with E-state index in [0.717, 1.165) is 17.7 Å². The summed E-state index contributed by atoms with van der Waals surface area (Å²) in [5.41, 5.74) is 9.96. The Labute approximate surface area is 107 Å². The van der Waals surface area contributed by atoms with Gasteiger partial charge in [0.15, 0.2) is 0 Å². The van der Waals surface area contributed by atoms with Gasteiger partial charge in [-0.25, -0.2) is 0 Å². The molecule has 2 atom stereocenters. The van der Waals surface area contributed by atoms with Gasteiger partial charge in [-0.2, -0.15) is 0 Å². The molecule has 2 nitrogen and oxygen atoms in total. The first-order valence-electron chi connectivity index (χ1n) is 6.31. The molecule has 0 spiro atoms. The largest absolute Gasteiger partial charge is 0.488 e. The van der Waals surface area contributed by atoms with Gasteiger partial charge in [0.1, 0.15) is 11.9 Å². The molecule has 0 aliphatic carbocycles. The summed E-state index contributed by atoms with van der Waals surface area (Å²) in [5.74, 6) is 0.977. The van der Waals surface area contributed by atoms with E-state index in [1.807, 2.05) is 24.3 Å². The number of aryl methyl sites for hydroxylation is 1. The Morgan fingerprint density at radius 3 is 2.78 bits per heavy atom. The Balaban J connectivity index is 1.82. The first kappa shape index (κ1) is 11.3. The molecule has 2 unspecified atom stereocenters. The van der Waals surface area contributed by atoms with Crippen LogP contribution in [0.1, 0.15) is 22.7 Å². The predicted octanol–water partition coefficient (Wildman–Crippen LogP) is 3.00. The number of fused-ring (bicyclic) bond motifs is 1. The van der Waals surface area contributed by atoms with Gasteiger partial charge in [0, 0.05) is 6.42 Å². The number of para-hydroxylation sites is 1. The van der Waals surface area contributed by atoms with Crippen molar-refractivity contribution in [2.75, 3.05) is 0 Å². The second-order valence-electron chi connectivity index (χ2n) is 4.91. The lowest BCUT2D eigenvalue weighted by Crippen LogP contribution is -2.30. The van der Waals surface area contributed by atoms with E-state index in [4.69, 9.17) is 10.5 Å². The highest BCUT2D eigenvalue weighted by Gasteiger charge is 2.28. The molecule has 2 aromatic rings. The van der Waals surface area contributed by atoms with Gasteiger partial charge in [0.2, 0.25) is 0 Å². The molecule has 0 bridgehead atoms. The molecule has 3 rings (SSSR count). The molecule has 2 N–H and O–H groups in total. The Bertz CT molecular complexity index is 540. The van der Waals surface area contributed by atoms with Crippen LogP contribution < -0.4 is 10.5 Å². The van der Waals surface area contributed by atoms with Crippen molar-refractivity contribution in [2.45, 2.75) is 25.5 Å². The van der Waals surface area contributed by atoms with Crippen LogP contribution >= 0.6 is 0 Å². The zero-order chi connectivity index (χ0) is 12.5. The molecule has 0 saturated carbocycles. The molecular formula is C16H17NO. The second kappa shape index (κ2) is 4.46. The van der Waals surface area contributed by atoms with Gasteiger partial charge in [-0.05, 0) is 24.1 Å². The summed E-state index contributed by atoms with van der Waals surface area (Å²) in [6, 6.07) is 16.4. The Kier molecular flexibility index (Phi) is 2.80. The van der Waals surface area contributed by atoms with Gasteiger partial charge in [-0.15, -0.1) is 0 Å². The van der Waals surface area contributed by atoms with Crippen LogP contribution in [0.25, 0.3) is 0 Å². The van der Waals surface area contributed by atoms with Gasteiger partial charge in [0.25, 0.3) is 0 Å². The third-order valence-corrected chi connectivity index (χ3v) is 3.50. The highest BCUT2D eigenvalue weighted by atomic mass is 16.5. The van der Waals surface area contributed by atoms with Crippen molar-refractivity contribution in [1.82, 2.24) is 0 Å². The Hall–Kier alpha value is -1.80. The summed E-state index contributed by atoms with van der Waals surface area (Å²) in [6.45, 7) is 2.08. The van der Waals surface area contributed by atoms with Crippen LogP contribution in [-0.4, -0.2) is 6.10 Å². The SMILES string of the molecule is Cc1cccc(C(N)C2Cc3ccccc3O2)c1. The molecule has 2 heteroatoms. The van der Waals surface area contributed by atoms with Crippen LogP contribution in [0.15, 0.2) is 48.5 Å². The summed E-state index contributed by atoms with van der Waals surface area (Å²) in [7, 11) is 0. The number of hydrogen-bond acceptors (Lipinski definition) is 2. The molecule has 0 fully saturated rings. The average Bonchev–Trinajstić information content (AvgIpc) is 2.81. The zero-order valence-electron chi connectivity index (χ0n) is 10.5. The quantitative estimate of drug-likeness (QED) is 0.874. The van der Waals surface area contributed by atoms with E-state index in [2.05, 4.69) is 31.2 Å². The van der Waals surface area contributed by atoms with Crippen molar-refractivity contribution >= 4 is 0 Å². The van der Waals surface area contributed by atoms with Crippen LogP contribution in [0.4, 0.5) is 0 Å². The fourth-order valence-corrected chi connectivity index (χ4v) is 2.50. The minimum absolute atomic E-state index is 0.0456. The monoisotopic (exact) mass is 239 g/mol. The van der Waals surface area contributed by atoms with E-state index < -0.39 is 0 Å². The van der Waals surface area contributed by atoms with Crippen LogP contribution in [-0.2, 0) is 6.42 Å². The standard InChI is InChI=1S/C16H17NO/c1-11-5-4-7-13(9-11)16(17)15-10-12-6-2-3-8-14(12)18-15/h2-9,15-16H,10,17H2,1H3. The molecule has 1 aliphatic heterocycles. The highest BCUT2D eigenvalue weighted by molar-refractivity contribution is 5.38. The molecule has 1 heterocycles. The van der Waals surface area contributed by atoms with Crippen LogP contribution in [0.2, 0.25) is 0 Å². The van der Waals surface area contributed by atoms with Crippen LogP contribution in [0, 0.1) is 6.92 Å². The predicted molar refractivity (Wildman–Crippen MR) is 72.7 cm³/mol. The molecular weight excluding hydrogens is 222 g/mol. The van der Waals surface area contributed by atoms with Crippen LogP contribution in [0.3, 0.4) is 0 Å². The number of nitrogens with two attached hydrogens (primary N) is 1. The number of hydrogen-bond donors (Lipinski definition) is 1. The zero-order valence-corrected chi connectivity index (χ0v) is 10.5. The van der Waals surface area contributed by atoms with Gasteiger partial charge in [-0.1, -0.05) is 48.0 Å². The smallest absolute Gasteiger partial charge is 0.123 e. The molecule has 2 aromatic carbocycles. The van der Waals surface area contributed by atoms with Gasteiger partial charge in [0.05, 0.1) is 6.04 Å². The Morgan fingerprint density at radius 2 is 2.00 bits per heavy atom. The minimum Gasteiger partial charge on any atom is -0.488 e. The lowest BCUT2D eigenvalue weighted by Gasteiger charge is -2.19. The normalized spacial score (nSPS) is 19.1. The molecule has 18 heavy (non-hydrogen) atoms. The fourth-order valence-electron chi connectivity index (χ4n) is 2.50. The van der Waals surface area contributed by atoms with E-state index in [1.165, 1.54) is 11.1 Å². The summed E-state index contributed by atoms with van der Waals surface area (Å²) >= 11 is 0. The van der Waals surface area contributed by atoms with Gasteiger partial charge < -0.3 is 10.5 Å². The fraction of sp³-hybridized carbons (Fsp3) is 0.250. The number of rotatable bonds is 2. The van der Waals surface area contributed by atoms with E-state index in [1.54, 1.807) is 0 Å². The number of ether oxygens (including phenoxy) is 1. The topological polar surface area (TPSA) is 35.2 Å². The summed E-state index contributed by atoms with van der Waals surface area (Å²) in [4.78, 5) is 0. The van der Waals surface area contributed by atoms with Crippen molar-refractivity contribution in [3.8, 4) is 5.75 Å². The van der Waals surface area contributed by atoms with Crippen molar-refractivity contribution in [1.29, 1.82) is 0 Å². The van der Waals surface area contributed by atoms with E-state index in [-0.39, 0.29) is 12.1 Å². The molecule has 0 amide bonds. The van der Waals surface area contributed by atoms with E-state index >= 15 is 0 Å². The van der Waals surface area contributed by atoms with Crippen molar-refractivity contribution in [3.63, 3.8) is 0 Å². The molecule has 1 aliphatic rings. The summed E-state index contributed by atoms with van der Waals surface area (Å²) < 4.78 is 5.94. The van der Waals surface area contributed by atoms with Crippen molar-refractivity contribution in [2.24, 2.45) is 5.73 Å². The third-order valence-electron chi connectivity index (χ3n) is 3.50. The lowest BCUT2D eigenvalue weighted by molar-refractivity contribution is 0.200. The maximum absolute atomic E-state index is 6.32. The summed E-state index contributed by atoms with van der Waals surface area (Å²) in [6.07, 6.45) is 0.940. The van der Waals surface area contributed by atoms with Crippen LogP contribution in [0.5, 0.6) is 5.75 Å². The first-order valence-corrected chi connectivity index (χ1v) is 6.31. The van der Waals surface area contributed by atoms with Crippen molar-refractivity contribution in [3.05, 3.63) is 65.2 Å². The molecule has 0 aromatic heterocycles. The minimum atomic E-state index is -0.0719. The first-order chi connectivity index (χ1) is 8.74. The maximum Gasteiger partial charge on any atom is 0.123 e. The highest BCUT2D eigenvalue weighted by Crippen LogP contribution is 2.33. The van der Waals surface area contributed by atoms with Gasteiger partial charge in [-0.3, -0.25) is 0 Å². The van der Waals surface area contributed by atoms with E-state index in [0.29, 0.717) is 0 Å². The maximum atomic E-state index is 6.32. The van der Waals surface area contributed by atoms with E-state index in [9.17, 15) is 0 Å². The lowest BCUT2D eigenvalue weighted by atomic mass is 9.97. The van der Waals surface area contributed by atoms with Crippen molar-refractivity contribution < 1.29 is 4.74 Å².